The van der Waals surface area contributed by atoms with Crippen LogP contribution >= 0.6 is 22.7 Å². The van der Waals surface area contributed by atoms with E-state index >= 15 is 0 Å². The fraction of sp³-hybridized carbons (Fsp3) is 0.441. The summed E-state index contributed by atoms with van der Waals surface area (Å²) in [6.07, 6.45) is 0.968. The number of aliphatic hydroxyl groups is 1. The van der Waals surface area contributed by atoms with E-state index in [9.17, 15) is 19.5 Å². The van der Waals surface area contributed by atoms with E-state index in [1.165, 1.54) is 22.7 Å². The fourth-order valence-corrected chi connectivity index (χ4v) is 6.70. The first kappa shape index (κ1) is 35.9. The first-order chi connectivity index (χ1) is 22.4. The molecule has 0 radical (unpaired) electrons. The van der Waals surface area contributed by atoms with Crippen molar-refractivity contribution in [2.75, 3.05) is 54.2 Å². The summed E-state index contributed by atoms with van der Waals surface area (Å²) >= 11 is 2.67. The van der Waals surface area contributed by atoms with Crippen molar-refractivity contribution in [3.8, 4) is 23.0 Å². The Kier molecular flexibility index (Phi) is 12.4. The predicted molar refractivity (Wildman–Crippen MR) is 182 cm³/mol. The Bertz CT molecular complexity index is 1700. The minimum absolute atomic E-state index is 0.0238. The maximum absolute atomic E-state index is 12.9. The summed E-state index contributed by atoms with van der Waals surface area (Å²) in [7, 11) is 4.99. The number of hydrogen-bond donors (Lipinski definition) is 2. The standard InChI is InChI=1S/C34H41NO10S2/c1-34(2,40)20-45-27-19-29-21(16-30(46-29)23(36)8-9-32(37)38)15-26(27)44-13-7-12-43-25-14-22-17-31(47-28(22)18-24(25)42-5)33(39)35(3)10-6-11-41-4/h14-19,40H,6-13,20H2,1-5H3,(H,37,38). The van der Waals surface area contributed by atoms with Crippen molar-refractivity contribution in [3.05, 3.63) is 46.2 Å². The van der Waals surface area contributed by atoms with Gasteiger partial charge in [-0.2, -0.15) is 0 Å². The van der Waals surface area contributed by atoms with Crippen molar-refractivity contribution >= 4 is 60.5 Å². The number of ketones is 1. The Morgan fingerprint density at radius 2 is 1.34 bits per heavy atom. The van der Waals surface area contributed by atoms with Gasteiger partial charge in [-0.05, 0) is 55.3 Å². The van der Waals surface area contributed by atoms with Crippen LogP contribution in [0, 0.1) is 0 Å². The van der Waals surface area contributed by atoms with E-state index in [1.54, 1.807) is 58.2 Å². The molecule has 0 fully saturated rings. The second-order valence-electron chi connectivity index (χ2n) is 11.6. The van der Waals surface area contributed by atoms with Gasteiger partial charge in [0.2, 0.25) is 0 Å². The number of hydrogen-bond acceptors (Lipinski definition) is 11. The number of carbonyl (C=O) groups is 3. The van der Waals surface area contributed by atoms with E-state index in [1.807, 2.05) is 18.2 Å². The van der Waals surface area contributed by atoms with Gasteiger partial charge in [0.15, 0.2) is 28.8 Å². The zero-order valence-corrected chi connectivity index (χ0v) is 28.9. The lowest BCUT2D eigenvalue weighted by Crippen LogP contribution is -2.28. The van der Waals surface area contributed by atoms with Gasteiger partial charge in [-0.3, -0.25) is 14.4 Å². The van der Waals surface area contributed by atoms with Gasteiger partial charge < -0.3 is 38.8 Å². The number of rotatable bonds is 19. The molecule has 4 aromatic rings. The van der Waals surface area contributed by atoms with Gasteiger partial charge in [-0.25, -0.2) is 0 Å². The molecular formula is C34H41NO10S2. The quantitative estimate of drug-likeness (QED) is 0.0855. The van der Waals surface area contributed by atoms with Crippen LogP contribution in [0.15, 0.2) is 36.4 Å². The summed E-state index contributed by atoms with van der Waals surface area (Å²) < 4.78 is 30.4. The Hall–Kier alpha value is -3.91. The van der Waals surface area contributed by atoms with Crippen LogP contribution in [-0.4, -0.2) is 92.6 Å². The van der Waals surface area contributed by atoms with E-state index in [-0.39, 0.29) is 37.7 Å². The van der Waals surface area contributed by atoms with E-state index in [0.29, 0.717) is 58.9 Å². The molecule has 0 atom stereocenters. The molecule has 0 saturated heterocycles. The van der Waals surface area contributed by atoms with Crippen molar-refractivity contribution < 1.29 is 48.3 Å². The van der Waals surface area contributed by atoms with Crippen LogP contribution in [-0.2, 0) is 9.53 Å². The third-order valence-corrected chi connectivity index (χ3v) is 9.23. The number of nitrogens with zero attached hydrogens (tertiary/aromatic N) is 1. The van der Waals surface area contributed by atoms with Gasteiger partial charge in [0.25, 0.3) is 5.91 Å². The summed E-state index contributed by atoms with van der Waals surface area (Å²) in [5.74, 6) is 0.679. The third-order valence-electron chi connectivity index (χ3n) is 7.01. The van der Waals surface area contributed by atoms with Crippen LogP contribution in [0.3, 0.4) is 0 Å². The molecular weight excluding hydrogens is 647 g/mol. The maximum Gasteiger partial charge on any atom is 0.303 e. The first-order valence-corrected chi connectivity index (χ1v) is 16.8. The molecule has 0 unspecified atom stereocenters. The molecule has 4 rings (SSSR count). The van der Waals surface area contributed by atoms with Crippen LogP contribution in [0.1, 0.15) is 58.9 Å². The number of aliphatic carboxylic acids is 1. The molecule has 0 aliphatic heterocycles. The molecule has 11 nitrogen and oxygen atoms in total. The second kappa shape index (κ2) is 16.3. The number of methoxy groups -OCH3 is 2. The monoisotopic (exact) mass is 687 g/mol. The molecule has 2 aromatic heterocycles. The number of Topliss-reactive ketones (excluding diaryl/α,β-unsaturated/α-hetero) is 1. The molecule has 0 aliphatic carbocycles. The summed E-state index contributed by atoms with van der Waals surface area (Å²) in [5.41, 5.74) is -1.08. The number of carboxylic acids is 1. The summed E-state index contributed by atoms with van der Waals surface area (Å²) in [4.78, 5) is 39.2. The minimum atomic E-state index is -1.08. The number of fused-ring (bicyclic) bond motifs is 2. The zero-order valence-electron chi connectivity index (χ0n) is 27.3. The van der Waals surface area contributed by atoms with Gasteiger partial charge in [0, 0.05) is 61.7 Å². The topological polar surface area (TPSA) is 141 Å². The SMILES string of the molecule is COCCCN(C)C(=O)c1cc2cc(OCCCOc3cc4cc(C(=O)CCC(=O)O)sc4cc3OCC(C)(C)O)c(OC)cc2s1. The van der Waals surface area contributed by atoms with Gasteiger partial charge in [-0.15, -0.1) is 22.7 Å². The van der Waals surface area contributed by atoms with Crippen LogP contribution in [0.25, 0.3) is 20.2 Å². The molecule has 0 spiro atoms. The lowest BCUT2D eigenvalue weighted by molar-refractivity contribution is -0.136. The molecule has 2 N–H and O–H groups in total. The van der Waals surface area contributed by atoms with Crippen molar-refractivity contribution in [1.82, 2.24) is 4.90 Å². The molecule has 13 heteroatoms. The molecule has 0 aliphatic rings. The number of benzene rings is 2. The third kappa shape index (κ3) is 10.0. The molecule has 1 amide bonds. The fourth-order valence-electron chi connectivity index (χ4n) is 4.59. The highest BCUT2D eigenvalue weighted by atomic mass is 32.1. The van der Waals surface area contributed by atoms with E-state index in [4.69, 9.17) is 28.8 Å². The number of carbonyl (C=O) groups excluding carboxylic acids is 2. The lowest BCUT2D eigenvalue weighted by Gasteiger charge is -2.19. The highest BCUT2D eigenvalue weighted by Gasteiger charge is 2.20. The maximum atomic E-state index is 12.9. The molecule has 2 heterocycles. The molecule has 47 heavy (non-hydrogen) atoms. The molecule has 0 bridgehead atoms. The van der Waals surface area contributed by atoms with Gasteiger partial charge in [-0.1, -0.05) is 0 Å². The van der Waals surface area contributed by atoms with Crippen molar-refractivity contribution in [3.63, 3.8) is 0 Å². The molecule has 0 saturated carbocycles. The van der Waals surface area contributed by atoms with Crippen molar-refractivity contribution in [2.45, 2.75) is 45.1 Å². The second-order valence-corrected chi connectivity index (χ2v) is 13.8. The number of amides is 1. The van der Waals surface area contributed by atoms with Gasteiger partial charge in [0.05, 0.1) is 42.1 Å². The number of thiophene rings is 2. The lowest BCUT2D eigenvalue weighted by atomic mass is 10.1. The molecule has 254 valence electrons. The van der Waals surface area contributed by atoms with E-state index < -0.39 is 11.6 Å². The van der Waals surface area contributed by atoms with Crippen molar-refractivity contribution in [1.29, 1.82) is 0 Å². The first-order valence-electron chi connectivity index (χ1n) is 15.2. The summed E-state index contributed by atoms with van der Waals surface area (Å²) in [5, 5.41) is 20.8. The predicted octanol–water partition coefficient (Wildman–Crippen LogP) is 6.28. The van der Waals surface area contributed by atoms with Crippen LogP contribution in [0.5, 0.6) is 23.0 Å². The van der Waals surface area contributed by atoms with E-state index in [2.05, 4.69) is 0 Å². The number of ether oxygens (including phenoxy) is 5. The van der Waals surface area contributed by atoms with Gasteiger partial charge in [0.1, 0.15) is 6.61 Å². The van der Waals surface area contributed by atoms with Gasteiger partial charge >= 0.3 is 5.97 Å². The largest absolute Gasteiger partial charge is 0.493 e. The Balaban J connectivity index is 1.41. The molecule has 2 aromatic carbocycles. The summed E-state index contributed by atoms with van der Waals surface area (Å²) in [6.45, 7) is 5.10. The van der Waals surface area contributed by atoms with Crippen LogP contribution in [0.4, 0.5) is 0 Å². The van der Waals surface area contributed by atoms with Crippen LogP contribution < -0.4 is 18.9 Å². The summed E-state index contributed by atoms with van der Waals surface area (Å²) in [6, 6.07) is 10.9. The Morgan fingerprint density at radius 3 is 1.94 bits per heavy atom. The van der Waals surface area contributed by atoms with Crippen molar-refractivity contribution in [2.24, 2.45) is 0 Å². The van der Waals surface area contributed by atoms with Crippen LogP contribution in [0.2, 0.25) is 0 Å². The smallest absolute Gasteiger partial charge is 0.303 e. The normalized spacial score (nSPS) is 11.5. The minimum Gasteiger partial charge on any atom is -0.493 e. The average molecular weight is 688 g/mol. The zero-order chi connectivity index (χ0) is 34.1. The number of carboxylic acid groups (broad SMARTS) is 1. The highest BCUT2D eigenvalue weighted by Crippen LogP contribution is 2.39. The Morgan fingerprint density at radius 1 is 0.766 bits per heavy atom. The Labute approximate surface area is 281 Å². The average Bonchev–Trinajstić information content (AvgIpc) is 3.64. The highest BCUT2D eigenvalue weighted by molar-refractivity contribution is 7.21. The van der Waals surface area contributed by atoms with E-state index in [0.717, 1.165) is 26.6 Å².